The van der Waals surface area contributed by atoms with Crippen molar-refractivity contribution in [3.63, 3.8) is 0 Å². The number of likely N-dealkylation sites (tertiary alicyclic amines) is 1. The monoisotopic (exact) mass is 423 g/mol. The molecule has 0 saturated carbocycles. The molecular weight excluding hydrogens is 388 g/mol. The Morgan fingerprint density at radius 3 is 2.45 bits per heavy atom. The van der Waals surface area contributed by atoms with Crippen LogP contribution in [0, 0.1) is 5.92 Å². The lowest BCUT2D eigenvalue weighted by Crippen LogP contribution is -3.14. The minimum atomic E-state index is -3.54. The third kappa shape index (κ3) is 5.49. The number of nitrogens with one attached hydrogen (secondary N) is 2. The highest BCUT2D eigenvalue weighted by Crippen LogP contribution is 2.30. The van der Waals surface area contributed by atoms with Crippen LogP contribution in [0.5, 0.6) is 0 Å². The molecule has 0 aliphatic carbocycles. The smallest absolute Gasteiger partial charge is 0.279 e. The van der Waals surface area contributed by atoms with Gasteiger partial charge >= 0.3 is 0 Å². The van der Waals surface area contributed by atoms with Crippen LogP contribution in [0.25, 0.3) is 0 Å². The normalized spacial score (nSPS) is 23.6. The summed E-state index contributed by atoms with van der Waals surface area (Å²) in [5.74, 6) is 0.670. The molecule has 162 valence electrons. The molecule has 1 amide bonds. The van der Waals surface area contributed by atoms with Crippen molar-refractivity contribution in [2.45, 2.75) is 43.9 Å². The van der Waals surface area contributed by atoms with Crippen molar-refractivity contribution in [3.8, 4) is 0 Å². The van der Waals surface area contributed by atoms with E-state index < -0.39 is 10.0 Å². The Morgan fingerprint density at radius 2 is 1.83 bits per heavy atom. The lowest BCUT2D eigenvalue weighted by molar-refractivity contribution is -0.897. The molecule has 1 aromatic carbocycles. The maximum atomic E-state index is 13.0. The number of rotatable bonds is 6. The molecule has 2 heterocycles. The average Bonchev–Trinajstić information content (AvgIpc) is 2.70. The summed E-state index contributed by atoms with van der Waals surface area (Å²) < 4.78 is 27.7. The maximum Gasteiger partial charge on any atom is 0.279 e. The number of quaternary nitrogens is 1. The first kappa shape index (κ1) is 22.1. The molecule has 0 spiro atoms. The molecule has 2 saturated heterocycles. The first-order valence-corrected chi connectivity index (χ1v) is 12.2. The Kier molecular flexibility index (Phi) is 7.19. The molecule has 2 aliphatic rings. The summed E-state index contributed by atoms with van der Waals surface area (Å²) in [6.45, 7) is 5.83. The summed E-state index contributed by atoms with van der Waals surface area (Å²) in [7, 11) is 0.242. The van der Waals surface area contributed by atoms with E-state index in [1.807, 2.05) is 19.0 Å². The topological polar surface area (TPSA) is 74.2 Å². The predicted molar refractivity (Wildman–Crippen MR) is 116 cm³/mol. The van der Waals surface area contributed by atoms with Gasteiger partial charge in [-0.05, 0) is 49.8 Å². The van der Waals surface area contributed by atoms with Gasteiger partial charge in [0.25, 0.3) is 5.91 Å². The molecule has 1 aromatic rings. The maximum absolute atomic E-state index is 13.0. The van der Waals surface area contributed by atoms with Crippen molar-refractivity contribution in [2.75, 3.05) is 57.0 Å². The minimum absolute atomic E-state index is 0.0647. The Morgan fingerprint density at radius 1 is 1.17 bits per heavy atom. The Balaban J connectivity index is 1.77. The van der Waals surface area contributed by atoms with Crippen molar-refractivity contribution in [1.29, 1.82) is 0 Å². The zero-order valence-corrected chi connectivity index (χ0v) is 18.7. The van der Waals surface area contributed by atoms with Crippen LogP contribution in [0.3, 0.4) is 0 Å². The third-order valence-electron chi connectivity index (χ3n) is 6.07. The van der Waals surface area contributed by atoms with Crippen molar-refractivity contribution in [3.05, 3.63) is 18.2 Å². The highest BCUT2D eigenvalue weighted by Gasteiger charge is 2.27. The molecule has 0 atom stereocenters. The standard InChI is InChI=1S/C21H34N4O3S/c1-17-9-13-24(14-10-17)16-21(26)22-19-15-18(7-8-20(19)23(2)3)29(27,28)25-11-5-4-6-12-25/h7-8,15,17H,4-6,9-14,16H2,1-3H3,(H,22,26)/p+1. The van der Waals surface area contributed by atoms with E-state index >= 15 is 0 Å². The number of benzene rings is 1. The van der Waals surface area contributed by atoms with Crippen LogP contribution in [-0.4, -0.2) is 65.4 Å². The van der Waals surface area contributed by atoms with Gasteiger partial charge in [0.05, 0.1) is 29.4 Å². The molecule has 3 rings (SSSR count). The number of carbonyl (C=O) groups excluding carboxylic acids is 1. The van der Waals surface area contributed by atoms with Gasteiger partial charge in [0.2, 0.25) is 10.0 Å². The second-order valence-corrected chi connectivity index (χ2v) is 10.6. The van der Waals surface area contributed by atoms with Gasteiger partial charge in [0.1, 0.15) is 0 Å². The highest BCUT2D eigenvalue weighted by atomic mass is 32.2. The van der Waals surface area contributed by atoms with Crippen molar-refractivity contribution in [1.82, 2.24) is 4.31 Å². The van der Waals surface area contributed by atoms with Crippen LogP contribution in [0.1, 0.15) is 39.0 Å². The molecule has 0 bridgehead atoms. The molecule has 7 nitrogen and oxygen atoms in total. The van der Waals surface area contributed by atoms with Gasteiger partial charge in [-0.15, -0.1) is 0 Å². The van der Waals surface area contributed by atoms with Crippen LogP contribution >= 0.6 is 0 Å². The third-order valence-corrected chi connectivity index (χ3v) is 7.96. The molecule has 2 fully saturated rings. The lowest BCUT2D eigenvalue weighted by Gasteiger charge is -2.28. The highest BCUT2D eigenvalue weighted by molar-refractivity contribution is 7.89. The van der Waals surface area contributed by atoms with Gasteiger partial charge in [0, 0.05) is 27.2 Å². The molecule has 0 aromatic heterocycles. The zero-order valence-electron chi connectivity index (χ0n) is 17.9. The number of hydrogen-bond donors (Lipinski definition) is 2. The fourth-order valence-electron chi connectivity index (χ4n) is 4.19. The fourth-order valence-corrected chi connectivity index (χ4v) is 5.73. The Labute approximate surface area is 175 Å². The van der Waals surface area contributed by atoms with E-state index in [1.165, 1.54) is 4.90 Å². The SMILES string of the molecule is CC1CC[NH+](CC(=O)Nc2cc(S(=O)(=O)N3CCCCC3)ccc2N(C)C)CC1. The number of sulfonamides is 1. The molecule has 2 N–H and O–H groups in total. The summed E-state index contributed by atoms with van der Waals surface area (Å²) >= 11 is 0. The summed E-state index contributed by atoms with van der Waals surface area (Å²) in [5, 5.41) is 2.98. The second kappa shape index (κ2) is 9.45. The van der Waals surface area contributed by atoms with Gasteiger partial charge in [0.15, 0.2) is 6.54 Å². The second-order valence-electron chi connectivity index (χ2n) is 8.70. The largest absolute Gasteiger partial charge is 0.376 e. The van der Waals surface area contributed by atoms with Gasteiger partial charge in [-0.2, -0.15) is 4.31 Å². The van der Waals surface area contributed by atoms with E-state index in [-0.39, 0.29) is 10.8 Å². The lowest BCUT2D eigenvalue weighted by atomic mass is 9.99. The summed E-state index contributed by atoms with van der Waals surface area (Å²) in [5.41, 5.74) is 1.36. The molecule has 29 heavy (non-hydrogen) atoms. The first-order valence-electron chi connectivity index (χ1n) is 10.7. The number of carbonyl (C=O) groups is 1. The van der Waals surface area contributed by atoms with Gasteiger partial charge in [-0.25, -0.2) is 8.42 Å². The molecule has 0 unspecified atom stereocenters. The van der Waals surface area contributed by atoms with Crippen LogP contribution in [0.4, 0.5) is 11.4 Å². The van der Waals surface area contributed by atoms with Gasteiger partial charge in [-0.1, -0.05) is 13.3 Å². The van der Waals surface area contributed by atoms with Crippen molar-refractivity contribution >= 4 is 27.3 Å². The van der Waals surface area contributed by atoms with E-state index in [1.54, 1.807) is 22.5 Å². The van der Waals surface area contributed by atoms with E-state index in [0.717, 1.165) is 56.8 Å². The van der Waals surface area contributed by atoms with E-state index in [4.69, 9.17) is 0 Å². The molecular formula is C21H35N4O3S+. The minimum Gasteiger partial charge on any atom is -0.376 e. The van der Waals surface area contributed by atoms with Crippen LogP contribution in [0.2, 0.25) is 0 Å². The first-order chi connectivity index (χ1) is 13.8. The van der Waals surface area contributed by atoms with Crippen molar-refractivity contribution in [2.24, 2.45) is 5.92 Å². The van der Waals surface area contributed by atoms with E-state index in [2.05, 4.69) is 12.2 Å². The molecule has 2 aliphatic heterocycles. The number of anilines is 2. The van der Waals surface area contributed by atoms with E-state index in [9.17, 15) is 13.2 Å². The van der Waals surface area contributed by atoms with Gasteiger partial charge < -0.3 is 15.1 Å². The van der Waals surface area contributed by atoms with Crippen LogP contribution < -0.4 is 15.1 Å². The number of hydrogen-bond acceptors (Lipinski definition) is 4. The van der Waals surface area contributed by atoms with Crippen molar-refractivity contribution < 1.29 is 18.1 Å². The fraction of sp³-hybridized carbons (Fsp3) is 0.667. The Hall–Kier alpha value is -1.64. The van der Waals surface area contributed by atoms with Crippen LogP contribution in [-0.2, 0) is 14.8 Å². The van der Waals surface area contributed by atoms with E-state index in [0.29, 0.717) is 25.3 Å². The zero-order chi connectivity index (χ0) is 21.0. The molecule has 0 radical (unpaired) electrons. The number of amides is 1. The van der Waals surface area contributed by atoms with Gasteiger partial charge in [-0.3, -0.25) is 4.79 Å². The quantitative estimate of drug-likeness (QED) is 0.721. The molecule has 8 heteroatoms. The van der Waals surface area contributed by atoms with Crippen LogP contribution in [0.15, 0.2) is 23.1 Å². The Bertz CT molecular complexity index is 811. The summed E-state index contributed by atoms with van der Waals surface area (Å²) in [4.78, 5) is 16.1. The summed E-state index contributed by atoms with van der Waals surface area (Å²) in [6, 6.07) is 5.04. The average molecular weight is 424 g/mol. The number of nitrogens with zero attached hydrogens (tertiary/aromatic N) is 2. The summed E-state index contributed by atoms with van der Waals surface area (Å²) in [6.07, 6.45) is 5.17. The predicted octanol–water partition coefficient (Wildman–Crippen LogP) is 1.18. The number of piperidine rings is 2.